The first-order valence-corrected chi connectivity index (χ1v) is 29.7. The Morgan fingerprint density at radius 3 is 1.33 bits per heavy atom. The standard InChI is InChI=1S/C22H27NO2.C21H24F3NO3S.C15H21NO2.C6H9BO6.Na.H/c1-17-15-23(16-18-8-5-4-6-9-18)13-12-22(17,2)20-11-7-10-19(14-20)21(24)25-3;1-16-14-25(15-17-7-4-3-5-8-17)12-11-20(16,2)18-9-6-10-19(13-18)28-29(26,27)21(22,23)24;1-11-10-16-8-7-15(11,2)13-6-4-5-12(9-13)14(17)18-3;1-4(8)11-7(12-5(2)9)13-6(3)10;;/h4-11,14,17H,12-13,15-16H2,1-3H3;3-10,13,16H,11-12,14-15H2,1-2H3;4-6,9,11,16H,7-8,10H2,1-3H3;1-3H3;;/q;;;;+1;-1. The van der Waals surface area contributed by atoms with E-state index in [4.69, 9.17) is 9.47 Å². The summed E-state index contributed by atoms with van der Waals surface area (Å²) >= 11 is 0. The number of hydrogen-bond acceptors (Lipinski definition) is 16. The summed E-state index contributed by atoms with van der Waals surface area (Å²) in [5.41, 5.74) is 1.59. The molecule has 3 aliphatic rings. The second kappa shape index (κ2) is 32.8. The topological polar surface area (TPSA) is 193 Å². The fraction of sp³-hybridized carbons (Fsp3) is 0.453. The van der Waals surface area contributed by atoms with Crippen LogP contribution in [-0.2, 0) is 77.3 Å². The molecule has 0 radical (unpaired) electrons. The molecule has 6 atom stereocenters. The van der Waals surface area contributed by atoms with Crippen LogP contribution >= 0.6 is 0 Å². The Balaban J connectivity index is 0.000000313. The van der Waals surface area contributed by atoms with E-state index in [9.17, 15) is 45.6 Å². The second-order valence-corrected chi connectivity index (χ2v) is 24.2. The zero-order valence-electron chi connectivity index (χ0n) is 52.5. The maximum Gasteiger partial charge on any atom is 1.00 e. The number of rotatable bonds is 14. The van der Waals surface area contributed by atoms with Crippen molar-refractivity contribution in [1.29, 1.82) is 0 Å². The number of methoxy groups -OCH3 is 2. The van der Waals surface area contributed by atoms with Gasteiger partial charge >= 0.3 is 64.4 Å². The summed E-state index contributed by atoms with van der Waals surface area (Å²) in [5.74, 6) is -1.71. The number of carbonyl (C=O) groups excluding carboxylic acids is 5. The van der Waals surface area contributed by atoms with Gasteiger partial charge in [0.15, 0.2) is 0 Å². The van der Waals surface area contributed by atoms with Crippen LogP contribution < -0.4 is 39.1 Å². The minimum absolute atomic E-state index is 0. The van der Waals surface area contributed by atoms with Gasteiger partial charge in [0.05, 0.1) is 25.3 Å². The molecular weight excluding hydrogens is 1140 g/mol. The molecule has 0 saturated carbocycles. The number of benzene rings is 5. The van der Waals surface area contributed by atoms with E-state index in [2.05, 4.69) is 129 Å². The quantitative estimate of drug-likeness (QED) is 0.0484. The van der Waals surface area contributed by atoms with Gasteiger partial charge in [0, 0.05) is 47.0 Å². The number of alkyl halides is 3. The number of halogens is 3. The van der Waals surface area contributed by atoms with Crippen LogP contribution in [0.4, 0.5) is 13.2 Å². The molecule has 462 valence electrons. The molecule has 0 bridgehead atoms. The monoisotopic (exact) mass is 1220 g/mol. The molecule has 0 spiro atoms. The summed E-state index contributed by atoms with van der Waals surface area (Å²) in [6.45, 7) is 24.4. The summed E-state index contributed by atoms with van der Waals surface area (Å²) < 4.78 is 87.5. The van der Waals surface area contributed by atoms with Crippen LogP contribution in [0.15, 0.2) is 133 Å². The van der Waals surface area contributed by atoms with E-state index < -0.39 is 40.9 Å². The Labute approximate surface area is 529 Å². The molecule has 6 unspecified atom stereocenters. The molecule has 3 heterocycles. The molecule has 5 aromatic carbocycles. The summed E-state index contributed by atoms with van der Waals surface area (Å²) in [6.07, 6.45) is 2.99. The number of nitrogens with one attached hydrogen (secondary N) is 1. The minimum atomic E-state index is -5.68. The molecule has 3 aliphatic heterocycles. The first kappa shape index (κ1) is 72.4. The van der Waals surface area contributed by atoms with Crippen LogP contribution in [0.3, 0.4) is 0 Å². The van der Waals surface area contributed by atoms with Crippen LogP contribution in [0.2, 0.25) is 0 Å². The first-order valence-electron chi connectivity index (χ1n) is 28.3. The summed E-state index contributed by atoms with van der Waals surface area (Å²) in [4.78, 5) is 59.6. The normalized spacial score (nSPS) is 22.1. The predicted molar refractivity (Wildman–Crippen MR) is 319 cm³/mol. The van der Waals surface area contributed by atoms with E-state index in [1.807, 2.05) is 60.7 Å². The number of esters is 2. The molecule has 86 heavy (non-hydrogen) atoms. The summed E-state index contributed by atoms with van der Waals surface area (Å²) in [5, 5.41) is 3.42. The largest absolute Gasteiger partial charge is 1.00 e. The number of ether oxygens (including phenoxy) is 2. The Kier molecular flexibility index (Phi) is 27.6. The SMILES string of the molecule is CC(=O)OB(OC(C)=O)OC(C)=O.CC1CN(Cc2ccccc2)CCC1(C)c1cccc(OS(=O)(=O)C(F)(F)F)c1.COC(=O)c1cccc(C2(C)CCN(Cc3ccccc3)CC2C)c1.COC(=O)c1cccc(C2(C)CCNCC2C)c1.[H-].[Na+]. The van der Waals surface area contributed by atoms with E-state index in [1.54, 1.807) is 0 Å². The van der Waals surface area contributed by atoms with Crippen LogP contribution in [0, 0.1) is 17.8 Å². The van der Waals surface area contributed by atoms with E-state index in [1.165, 1.54) is 54.7 Å². The first-order chi connectivity index (χ1) is 40.0. The average Bonchev–Trinajstić information content (AvgIpc) is 2.85. The number of likely N-dealkylation sites (tertiary alicyclic amines) is 2. The van der Waals surface area contributed by atoms with E-state index in [0.29, 0.717) is 23.0 Å². The van der Waals surface area contributed by atoms with Gasteiger partial charge in [0.1, 0.15) is 5.75 Å². The molecule has 0 aliphatic carbocycles. The van der Waals surface area contributed by atoms with Crippen molar-refractivity contribution in [3.05, 3.63) is 172 Å². The molecular formula is C64H82BF3N3NaO13S. The molecule has 0 aromatic heterocycles. The van der Waals surface area contributed by atoms with Crippen molar-refractivity contribution >= 4 is 47.3 Å². The van der Waals surface area contributed by atoms with Gasteiger partial charge < -0.3 is 34.4 Å². The van der Waals surface area contributed by atoms with Crippen molar-refractivity contribution in [1.82, 2.24) is 15.1 Å². The zero-order valence-corrected chi connectivity index (χ0v) is 54.3. The van der Waals surface area contributed by atoms with Crippen molar-refractivity contribution in [2.24, 2.45) is 17.8 Å². The Morgan fingerprint density at radius 2 is 0.965 bits per heavy atom. The van der Waals surface area contributed by atoms with Gasteiger partial charge in [-0.1, -0.05) is 139 Å². The predicted octanol–water partition coefficient (Wildman–Crippen LogP) is 8.13. The number of carbonyl (C=O) groups is 5. The van der Waals surface area contributed by atoms with Crippen LogP contribution in [-0.4, -0.2) is 114 Å². The van der Waals surface area contributed by atoms with Gasteiger partial charge in [-0.25, -0.2) is 9.59 Å². The van der Waals surface area contributed by atoms with Crippen molar-refractivity contribution in [3.63, 3.8) is 0 Å². The third-order valence-corrected chi connectivity index (χ3v) is 17.6. The Hall–Kier alpha value is -6.07. The van der Waals surface area contributed by atoms with E-state index in [0.717, 1.165) is 98.0 Å². The van der Waals surface area contributed by atoms with Gasteiger partial charge in [-0.3, -0.25) is 24.2 Å². The molecule has 8 rings (SSSR count). The molecule has 22 heteroatoms. The third kappa shape index (κ3) is 20.5. The average molecular weight is 1220 g/mol. The summed E-state index contributed by atoms with van der Waals surface area (Å²) in [7, 11) is -4.42. The Morgan fingerprint density at radius 1 is 0.581 bits per heavy atom. The van der Waals surface area contributed by atoms with Crippen molar-refractivity contribution in [3.8, 4) is 5.75 Å². The van der Waals surface area contributed by atoms with Crippen molar-refractivity contribution < 1.29 is 104 Å². The van der Waals surface area contributed by atoms with Crippen molar-refractivity contribution in [2.45, 2.75) is 116 Å². The molecule has 1 N–H and O–H groups in total. The maximum atomic E-state index is 12.6. The molecule has 0 amide bonds. The van der Waals surface area contributed by atoms with Crippen molar-refractivity contribution in [2.75, 3.05) is 53.5 Å². The molecule has 3 fully saturated rings. The van der Waals surface area contributed by atoms with Gasteiger partial charge in [-0.15, -0.1) is 0 Å². The third-order valence-electron chi connectivity index (χ3n) is 16.6. The zero-order chi connectivity index (χ0) is 62.8. The van der Waals surface area contributed by atoms with Gasteiger partial charge in [-0.2, -0.15) is 21.6 Å². The van der Waals surface area contributed by atoms with E-state index in [-0.39, 0.29) is 70.8 Å². The van der Waals surface area contributed by atoms with Crippen LogP contribution in [0.1, 0.15) is 132 Å². The fourth-order valence-corrected chi connectivity index (χ4v) is 11.3. The van der Waals surface area contributed by atoms with Crippen LogP contribution in [0.25, 0.3) is 0 Å². The number of piperidine rings is 3. The maximum absolute atomic E-state index is 12.6. The number of hydrogen-bond donors (Lipinski definition) is 1. The molecule has 16 nitrogen and oxygen atoms in total. The van der Waals surface area contributed by atoms with Gasteiger partial charge in [-0.05, 0) is 144 Å². The molecule has 5 aromatic rings. The minimum Gasteiger partial charge on any atom is -1.00 e. The Bertz CT molecular complexity index is 3120. The summed E-state index contributed by atoms with van der Waals surface area (Å²) in [6, 6.07) is 42.6. The van der Waals surface area contributed by atoms with Gasteiger partial charge in [0.25, 0.3) is 17.9 Å². The number of nitrogens with zero attached hydrogens (tertiary/aromatic N) is 2. The van der Waals surface area contributed by atoms with Gasteiger partial charge in [0.2, 0.25) is 0 Å². The fourth-order valence-electron chi connectivity index (χ4n) is 10.8. The van der Waals surface area contributed by atoms with Crippen LogP contribution in [0.5, 0.6) is 5.75 Å². The smallest absolute Gasteiger partial charge is 1.00 e. The van der Waals surface area contributed by atoms with E-state index >= 15 is 0 Å². The molecule has 3 saturated heterocycles. The second-order valence-electron chi connectivity index (χ2n) is 22.6.